The molecule has 3 aliphatic rings. The maximum Gasteiger partial charge on any atom is 0.333 e. The largest absolute Gasteiger partial charge is 0.508 e. The summed E-state index contributed by atoms with van der Waals surface area (Å²) in [5.74, 6) is -3.85. The highest BCUT2D eigenvalue weighted by atomic mass is 16.7. The van der Waals surface area contributed by atoms with E-state index in [1.54, 1.807) is 0 Å². The lowest BCUT2D eigenvalue weighted by Gasteiger charge is -2.46. The number of aryl methyl sites for hydroxylation is 1. The molecule has 2 aromatic rings. The number of nitrogens with zero attached hydrogens (tertiary/aromatic N) is 1. The molecule has 2 heterocycles. The highest BCUT2D eigenvalue weighted by Gasteiger charge is 2.64. The van der Waals surface area contributed by atoms with E-state index in [9.17, 15) is 24.9 Å². The third kappa shape index (κ3) is 4.33. The summed E-state index contributed by atoms with van der Waals surface area (Å²) in [5, 5.41) is 32.9. The van der Waals surface area contributed by atoms with Crippen LogP contribution in [0, 0.1) is 6.92 Å². The van der Waals surface area contributed by atoms with Crippen molar-refractivity contribution in [2.24, 2.45) is 0 Å². The fourth-order valence-electron chi connectivity index (χ4n) is 5.47. The monoisotopic (exact) mass is 479 g/mol. The average molecular weight is 480 g/mol. The first-order valence-electron chi connectivity index (χ1n) is 11.8. The molecule has 1 fully saturated rings. The molecule has 2 atom stereocenters. The van der Waals surface area contributed by atoms with Gasteiger partial charge in [0.1, 0.15) is 5.75 Å². The van der Waals surface area contributed by atoms with Crippen molar-refractivity contribution in [1.29, 1.82) is 0 Å². The Labute approximate surface area is 203 Å². The van der Waals surface area contributed by atoms with Crippen LogP contribution in [0.5, 0.6) is 5.75 Å². The Morgan fingerprint density at radius 1 is 0.943 bits per heavy atom. The Kier molecular flexibility index (Phi) is 5.70. The van der Waals surface area contributed by atoms with E-state index in [-0.39, 0.29) is 24.3 Å². The second-order valence-electron chi connectivity index (χ2n) is 9.99. The number of esters is 2. The summed E-state index contributed by atoms with van der Waals surface area (Å²) in [7, 11) is 0. The van der Waals surface area contributed by atoms with Gasteiger partial charge in [0.05, 0.1) is 5.60 Å². The summed E-state index contributed by atoms with van der Waals surface area (Å²) < 4.78 is 11.3. The Balaban J connectivity index is 1.39. The number of rotatable bonds is 4. The van der Waals surface area contributed by atoms with E-state index in [1.165, 1.54) is 18.2 Å². The van der Waals surface area contributed by atoms with Crippen LogP contribution in [0.4, 0.5) is 0 Å². The molecule has 1 aliphatic carbocycles. The molecule has 2 unspecified atom stereocenters. The van der Waals surface area contributed by atoms with E-state index in [0.717, 1.165) is 23.3 Å². The van der Waals surface area contributed by atoms with Gasteiger partial charge in [0, 0.05) is 50.2 Å². The number of fused-ring (bicyclic) bond motifs is 3. The molecule has 2 aliphatic heterocycles. The molecule has 0 amide bonds. The summed E-state index contributed by atoms with van der Waals surface area (Å²) in [6.07, 6.45) is 3.51. The van der Waals surface area contributed by atoms with Crippen LogP contribution in [0.15, 0.2) is 54.6 Å². The number of ether oxygens (including phenoxy) is 2. The normalized spacial score (nSPS) is 28.8. The third-order valence-electron chi connectivity index (χ3n) is 7.37. The molecule has 35 heavy (non-hydrogen) atoms. The molecule has 8 nitrogen and oxygen atoms in total. The first kappa shape index (κ1) is 23.5. The molecule has 2 aromatic carbocycles. The summed E-state index contributed by atoms with van der Waals surface area (Å²) in [4.78, 5) is 26.9. The molecule has 0 aromatic heterocycles. The molecule has 0 saturated carbocycles. The van der Waals surface area contributed by atoms with Crippen LogP contribution < -0.4 is 0 Å². The number of benzene rings is 2. The number of phenolic OH excluding ortho intramolecular Hbond substituents is 1. The van der Waals surface area contributed by atoms with Crippen LogP contribution in [0.2, 0.25) is 0 Å². The number of carbonyl (C=O) groups is 2. The molecule has 0 radical (unpaired) electrons. The number of hydrogen-bond acceptors (Lipinski definition) is 8. The Morgan fingerprint density at radius 3 is 2.29 bits per heavy atom. The van der Waals surface area contributed by atoms with Crippen molar-refractivity contribution in [1.82, 2.24) is 4.90 Å². The standard InChI is InChI=1S/C27H29NO7/c1-18-2-4-19(5-3-18)15-25(32)10-12-28(13-11-25)17-26-16-20-14-21(29)6-7-22(20)27(26,33)35-24(31)9-8-23(30)34-26/h2-9,14,29,32-33H,10-13,15-17H2,1H3/b9-8+. The lowest BCUT2D eigenvalue weighted by atomic mass is 9.84. The minimum absolute atomic E-state index is 0.00769. The van der Waals surface area contributed by atoms with Gasteiger partial charge in [-0.05, 0) is 49.1 Å². The van der Waals surface area contributed by atoms with Gasteiger partial charge in [0.15, 0.2) is 5.60 Å². The highest BCUT2D eigenvalue weighted by molar-refractivity contribution is 5.93. The Hall–Kier alpha value is -3.20. The van der Waals surface area contributed by atoms with Crippen molar-refractivity contribution in [3.63, 3.8) is 0 Å². The van der Waals surface area contributed by atoms with Crippen LogP contribution >= 0.6 is 0 Å². The van der Waals surface area contributed by atoms with Crippen molar-refractivity contribution in [2.45, 2.75) is 49.6 Å². The second kappa shape index (κ2) is 8.48. The van der Waals surface area contributed by atoms with Gasteiger partial charge >= 0.3 is 11.9 Å². The Bertz CT molecular complexity index is 1180. The van der Waals surface area contributed by atoms with Crippen LogP contribution in [-0.2, 0) is 37.7 Å². The number of carbonyl (C=O) groups excluding carboxylic acids is 2. The fraction of sp³-hybridized carbons (Fsp3) is 0.407. The molecule has 184 valence electrons. The van der Waals surface area contributed by atoms with Crippen LogP contribution in [0.1, 0.15) is 35.1 Å². The highest BCUT2D eigenvalue weighted by Crippen LogP contribution is 2.50. The van der Waals surface area contributed by atoms with Crippen molar-refractivity contribution in [3.8, 4) is 5.75 Å². The molecule has 8 heteroatoms. The smallest absolute Gasteiger partial charge is 0.333 e. The van der Waals surface area contributed by atoms with Crippen LogP contribution in [0.3, 0.4) is 0 Å². The van der Waals surface area contributed by atoms with E-state index in [0.29, 0.717) is 37.9 Å². The van der Waals surface area contributed by atoms with Crippen LogP contribution in [-0.4, -0.2) is 63.0 Å². The van der Waals surface area contributed by atoms with Gasteiger partial charge in [-0.1, -0.05) is 29.8 Å². The number of piperidine rings is 1. The molecule has 1 saturated heterocycles. The predicted octanol–water partition coefficient (Wildman–Crippen LogP) is 1.87. The van der Waals surface area contributed by atoms with Gasteiger partial charge in [-0.2, -0.15) is 0 Å². The van der Waals surface area contributed by atoms with Gasteiger partial charge in [-0.25, -0.2) is 9.59 Å². The fourth-order valence-corrected chi connectivity index (χ4v) is 5.47. The minimum atomic E-state index is -2.22. The zero-order valence-electron chi connectivity index (χ0n) is 19.6. The summed E-state index contributed by atoms with van der Waals surface area (Å²) >= 11 is 0. The zero-order valence-corrected chi connectivity index (χ0v) is 19.6. The first-order valence-corrected chi connectivity index (χ1v) is 11.8. The van der Waals surface area contributed by atoms with Gasteiger partial charge in [0.2, 0.25) is 0 Å². The van der Waals surface area contributed by atoms with Gasteiger partial charge in [-0.3, -0.25) is 4.90 Å². The molecule has 5 rings (SSSR count). The average Bonchev–Trinajstić information content (AvgIpc) is 3.01. The van der Waals surface area contributed by atoms with Crippen molar-refractivity contribution in [2.75, 3.05) is 19.6 Å². The van der Waals surface area contributed by atoms with Gasteiger partial charge in [0.25, 0.3) is 5.79 Å². The zero-order chi connectivity index (χ0) is 24.8. The number of aliphatic hydroxyl groups is 2. The van der Waals surface area contributed by atoms with Gasteiger partial charge < -0.3 is 24.8 Å². The lowest BCUT2D eigenvalue weighted by molar-refractivity contribution is -0.294. The summed E-state index contributed by atoms with van der Waals surface area (Å²) in [6, 6.07) is 12.5. The molecule has 0 spiro atoms. The van der Waals surface area contributed by atoms with E-state index >= 15 is 0 Å². The lowest BCUT2D eigenvalue weighted by Crippen LogP contribution is -2.62. The topological polar surface area (TPSA) is 117 Å². The third-order valence-corrected chi connectivity index (χ3v) is 7.37. The number of aromatic hydroxyl groups is 1. The van der Waals surface area contributed by atoms with Crippen molar-refractivity contribution >= 4 is 11.9 Å². The quantitative estimate of drug-likeness (QED) is 0.569. The molecule has 0 bridgehead atoms. The van der Waals surface area contributed by atoms with Gasteiger partial charge in [-0.15, -0.1) is 0 Å². The maximum atomic E-state index is 12.5. The number of phenols is 1. The van der Waals surface area contributed by atoms with Crippen molar-refractivity contribution in [3.05, 3.63) is 76.9 Å². The van der Waals surface area contributed by atoms with Crippen molar-refractivity contribution < 1.29 is 34.4 Å². The van der Waals surface area contributed by atoms with Crippen LogP contribution in [0.25, 0.3) is 0 Å². The second-order valence-corrected chi connectivity index (χ2v) is 9.99. The van der Waals surface area contributed by atoms with E-state index in [1.807, 2.05) is 36.1 Å². The van der Waals surface area contributed by atoms with E-state index in [4.69, 9.17) is 9.47 Å². The molecular weight excluding hydrogens is 450 g/mol. The maximum absolute atomic E-state index is 12.5. The van der Waals surface area contributed by atoms with E-state index in [2.05, 4.69) is 0 Å². The first-order chi connectivity index (χ1) is 16.6. The minimum Gasteiger partial charge on any atom is -0.508 e. The number of likely N-dealkylation sites (tertiary alicyclic amines) is 1. The Morgan fingerprint density at radius 2 is 1.60 bits per heavy atom. The summed E-state index contributed by atoms with van der Waals surface area (Å²) in [6.45, 7) is 3.12. The number of hydrogen-bond donors (Lipinski definition) is 3. The van der Waals surface area contributed by atoms with E-state index < -0.39 is 28.9 Å². The molecule has 3 N–H and O–H groups in total. The SMILES string of the molecule is Cc1ccc(CC2(O)CCN(CC34Cc5cc(O)ccc5C3(O)OC(=O)/C=C/C(=O)O4)CC2)cc1. The summed E-state index contributed by atoms with van der Waals surface area (Å²) in [5.41, 5.74) is 0.572. The predicted molar refractivity (Wildman–Crippen MR) is 125 cm³/mol. The molecular formula is C27H29NO7.